The van der Waals surface area contributed by atoms with Gasteiger partial charge in [-0.3, -0.25) is 0 Å². The van der Waals surface area contributed by atoms with Gasteiger partial charge < -0.3 is 20.5 Å². The number of ether oxygens (including phenoxy) is 2. The first-order valence-electron chi connectivity index (χ1n) is 8.27. The van der Waals surface area contributed by atoms with Crippen LogP contribution in [0.3, 0.4) is 0 Å². The minimum atomic E-state index is 0. The molecule has 0 atom stereocenters. The highest BCUT2D eigenvalue weighted by Crippen LogP contribution is 2.33. The van der Waals surface area contributed by atoms with Crippen molar-refractivity contribution in [3.63, 3.8) is 0 Å². The topological polar surface area (TPSA) is 68.9 Å². The molecule has 0 spiro atoms. The van der Waals surface area contributed by atoms with Crippen molar-refractivity contribution in [1.29, 1.82) is 0 Å². The van der Waals surface area contributed by atoms with Crippen molar-refractivity contribution in [3.05, 3.63) is 23.8 Å². The van der Waals surface area contributed by atoms with E-state index in [9.17, 15) is 0 Å². The largest absolute Gasteiger partial charge is 0.490 e. The fraction of sp³-hybridized carbons (Fsp3) is 0.588. The molecule has 0 aromatic heterocycles. The standard InChI is InChI=1S/C17H25N3O2.HI/c18-17(20-14-7-2-1-3-8-14)19-12-13-6-4-9-15-16(13)22-11-5-10-21-15;/h4,6,9,14H,1-3,5,7-8,10-12H2,(H3,18,19,20);1H. The Balaban J connectivity index is 0.00000192. The van der Waals surface area contributed by atoms with Crippen LogP contribution in [-0.4, -0.2) is 25.2 Å². The summed E-state index contributed by atoms with van der Waals surface area (Å²) >= 11 is 0. The molecule has 3 rings (SSSR count). The van der Waals surface area contributed by atoms with Gasteiger partial charge in [-0.1, -0.05) is 31.4 Å². The number of nitrogens with zero attached hydrogens (tertiary/aromatic N) is 1. The van der Waals surface area contributed by atoms with Gasteiger partial charge in [0.25, 0.3) is 0 Å². The van der Waals surface area contributed by atoms with E-state index < -0.39 is 0 Å². The lowest BCUT2D eigenvalue weighted by molar-refractivity contribution is 0.296. The summed E-state index contributed by atoms with van der Waals surface area (Å²) in [5.74, 6) is 2.15. The Kier molecular flexibility index (Phi) is 7.26. The molecule has 5 nitrogen and oxygen atoms in total. The van der Waals surface area contributed by atoms with E-state index in [2.05, 4.69) is 10.3 Å². The average molecular weight is 431 g/mol. The van der Waals surface area contributed by atoms with E-state index in [0.717, 1.165) is 23.5 Å². The van der Waals surface area contributed by atoms with Crippen molar-refractivity contribution >= 4 is 29.9 Å². The van der Waals surface area contributed by atoms with Gasteiger partial charge in [0.05, 0.1) is 19.8 Å². The number of nitrogens with two attached hydrogens (primary N) is 1. The summed E-state index contributed by atoms with van der Waals surface area (Å²) in [7, 11) is 0. The van der Waals surface area contributed by atoms with Gasteiger partial charge in [-0.25, -0.2) is 4.99 Å². The zero-order valence-electron chi connectivity index (χ0n) is 13.4. The number of hydrogen-bond donors (Lipinski definition) is 2. The Morgan fingerprint density at radius 2 is 1.91 bits per heavy atom. The van der Waals surface area contributed by atoms with E-state index in [1.165, 1.54) is 32.1 Å². The normalized spacial score (nSPS) is 18.7. The fourth-order valence-corrected chi connectivity index (χ4v) is 3.05. The molecule has 2 aliphatic rings. The van der Waals surface area contributed by atoms with Crippen LogP contribution < -0.4 is 20.5 Å². The summed E-state index contributed by atoms with van der Waals surface area (Å²) in [6.45, 7) is 1.90. The number of benzene rings is 1. The maximum atomic E-state index is 6.03. The molecule has 6 heteroatoms. The molecule has 128 valence electrons. The molecule has 3 N–H and O–H groups in total. The lowest BCUT2D eigenvalue weighted by Gasteiger charge is -2.23. The van der Waals surface area contributed by atoms with E-state index >= 15 is 0 Å². The van der Waals surface area contributed by atoms with Gasteiger partial charge in [0, 0.05) is 18.0 Å². The summed E-state index contributed by atoms with van der Waals surface area (Å²) in [6, 6.07) is 6.41. The molecule has 1 aliphatic carbocycles. The van der Waals surface area contributed by atoms with Crippen LogP contribution >= 0.6 is 24.0 Å². The van der Waals surface area contributed by atoms with Crippen LogP contribution in [0.4, 0.5) is 0 Å². The highest BCUT2D eigenvalue weighted by Gasteiger charge is 2.15. The van der Waals surface area contributed by atoms with E-state index in [1.54, 1.807) is 0 Å². The van der Waals surface area contributed by atoms with Gasteiger partial charge in [-0.15, -0.1) is 24.0 Å². The van der Waals surface area contributed by atoms with Crippen molar-refractivity contribution in [3.8, 4) is 11.5 Å². The number of rotatable bonds is 3. The average Bonchev–Trinajstić information content (AvgIpc) is 2.79. The molecular formula is C17H26IN3O2. The molecule has 0 unspecified atom stereocenters. The van der Waals surface area contributed by atoms with Gasteiger partial charge in [0.1, 0.15) is 0 Å². The minimum Gasteiger partial charge on any atom is -0.490 e. The zero-order chi connectivity index (χ0) is 15.2. The number of para-hydroxylation sites is 1. The quantitative estimate of drug-likeness (QED) is 0.438. The Labute approximate surface area is 155 Å². The highest BCUT2D eigenvalue weighted by atomic mass is 127. The van der Waals surface area contributed by atoms with Crippen LogP contribution in [0.5, 0.6) is 11.5 Å². The van der Waals surface area contributed by atoms with Gasteiger partial charge in [-0.2, -0.15) is 0 Å². The summed E-state index contributed by atoms with van der Waals surface area (Å²) < 4.78 is 11.5. The summed E-state index contributed by atoms with van der Waals surface area (Å²) in [4.78, 5) is 4.47. The number of fused-ring (bicyclic) bond motifs is 1. The minimum absolute atomic E-state index is 0. The molecule has 0 bridgehead atoms. The van der Waals surface area contributed by atoms with Crippen LogP contribution in [-0.2, 0) is 6.54 Å². The number of guanidine groups is 1. The molecule has 1 saturated carbocycles. The third-order valence-corrected chi connectivity index (χ3v) is 4.23. The third kappa shape index (κ3) is 5.16. The number of halogens is 1. The van der Waals surface area contributed by atoms with Gasteiger partial charge in [-0.05, 0) is 18.9 Å². The van der Waals surface area contributed by atoms with E-state index in [1.807, 2.05) is 18.2 Å². The molecule has 0 saturated heterocycles. The molecule has 23 heavy (non-hydrogen) atoms. The van der Waals surface area contributed by atoms with Crippen molar-refractivity contribution in [2.24, 2.45) is 10.7 Å². The lowest BCUT2D eigenvalue weighted by Crippen LogP contribution is -2.41. The first kappa shape index (κ1) is 18.2. The van der Waals surface area contributed by atoms with Crippen molar-refractivity contribution < 1.29 is 9.47 Å². The maximum Gasteiger partial charge on any atom is 0.189 e. The Hall–Kier alpha value is -1.18. The lowest BCUT2D eigenvalue weighted by atomic mass is 9.96. The second kappa shape index (κ2) is 9.20. The summed E-state index contributed by atoms with van der Waals surface area (Å²) in [6.07, 6.45) is 7.18. The van der Waals surface area contributed by atoms with E-state index in [-0.39, 0.29) is 24.0 Å². The highest BCUT2D eigenvalue weighted by molar-refractivity contribution is 14.0. The first-order chi connectivity index (χ1) is 10.8. The molecule has 0 radical (unpaired) electrons. The SMILES string of the molecule is I.NC(=NCc1cccc2c1OCCCO2)NC1CCCCC1. The fourth-order valence-electron chi connectivity index (χ4n) is 3.05. The van der Waals surface area contributed by atoms with Gasteiger partial charge in [0.15, 0.2) is 17.5 Å². The first-order valence-corrected chi connectivity index (χ1v) is 8.27. The molecule has 1 aromatic rings. The monoisotopic (exact) mass is 431 g/mol. The number of aliphatic imine (C=N–C) groups is 1. The van der Waals surface area contributed by atoms with Gasteiger partial charge >= 0.3 is 0 Å². The van der Waals surface area contributed by atoms with Crippen LogP contribution in [0.2, 0.25) is 0 Å². The summed E-state index contributed by atoms with van der Waals surface area (Å²) in [5.41, 5.74) is 7.05. The van der Waals surface area contributed by atoms with E-state index in [4.69, 9.17) is 15.2 Å². The molecular weight excluding hydrogens is 405 g/mol. The maximum absolute atomic E-state index is 6.03. The predicted octanol–water partition coefficient (Wildman–Crippen LogP) is 3.20. The van der Waals surface area contributed by atoms with Crippen LogP contribution in [0.15, 0.2) is 23.2 Å². The summed E-state index contributed by atoms with van der Waals surface area (Å²) in [5, 5.41) is 3.34. The molecule has 0 amide bonds. The van der Waals surface area contributed by atoms with Crippen LogP contribution in [0.25, 0.3) is 0 Å². The van der Waals surface area contributed by atoms with E-state index in [0.29, 0.717) is 31.8 Å². The molecule has 1 aliphatic heterocycles. The smallest absolute Gasteiger partial charge is 0.189 e. The van der Waals surface area contributed by atoms with Crippen molar-refractivity contribution in [1.82, 2.24) is 5.32 Å². The Morgan fingerprint density at radius 3 is 2.74 bits per heavy atom. The molecule has 1 heterocycles. The van der Waals surface area contributed by atoms with Crippen molar-refractivity contribution in [2.75, 3.05) is 13.2 Å². The Morgan fingerprint density at radius 1 is 1.13 bits per heavy atom. The molecule has 1 fully saturated rings. The van der Waals surface area contributed by atoms with Gasteiger partial charge in [0.2, 0.25) is 0 Å². The second-order valence-electron chi connectivity index (χ2n) is 5.98. The third-order valence-electron chi connectivity index (χ3n) is 4.23. The van der Waals surface area contributed by atoms with Crippen molar-refractivity contribution in [2.45, 2.75) is 51.1 Å². The van der Waals surface area contributed by atoms with Crippen LogP contribution in [0, 0.1) is 0 Å². The zero-order valence-corrected chi connectivity index (χ0v) is 15.8. The Bertz CT molecular complexity index is 531. The second-order valence-corrected chi connectivity index (χ2v) is 5.98. The van der Waals surface area contributed by atoms with Crippen LogP contribution in [0.1, 0.15) is 44.1 Å². The molecule has 1 aromatic carbocycles. The predicted molar refractivity (Wildman–Crippen MR) is 103 cm³/mol. The number of hydrogen-bond acceptors (Lipinski definition) is 3. The number of nitrogens with one attached hydrogen (secondary N) is 1.